The van der Waals surface area contributed by atoms with Crippen LogP contribution in [0.15, 0.2) is 30.5 Å². The van der Waals surface area contributed by atoms with Crippen LogP contribution in [0, 0.1) is 0 Å². The van der Waals surface area contributed by atoms with Crippen LogP contribution in [0.2, 0.25) is 0 Å². The molecule has 0 unspecified atom stereocenters. The fourth-order valence-electron chi connectivity index (χ4n) is 2.15. The molecule has 3 rings (SSSR count). The molecule has 1 saturated carbocycles. The topological polar surface area (TPSA) is 81.5 Å². The van der Waals surface area contributed by atoms with E-state index in [1.165, 1.54) is 31.7 Å². The number of hydrogen-bond donors (Lipinski definition) is 1. The quantitative estimate of drug-likeness (QED) is 0.910. The number of carboxylic acid groups (broad SMARTS) is 1. The number of carbonyl (C=O) groups is 1. The fourth-order valence-corrected chi connectivity index (χ4v) is 2.15. The van der Waals surface area contributed by atoms with Crippen LogP contribution in [0.1, 0.15) is 34.7 Å². The summed E-state index contributed by atoms with van der Waals surface area (Å²) in [5.41, 5.74) is 1.07. The normalized spacial score (nSPS) is 13.8. The third kappa shape index (κ3) is 2.79. The van der Waals surface area contributed by atoms with Crippen molar-refractivity contribution in [2.75, 3.05) is 7.11 Å². The first-order valence-corrected chi connectivity index (χ1v) is 6.60. The molecule has 0 atom stereocenters. The van der Waals surface area contributed by atoms with E-state index in [1.807, 2.05) is 18.2 Å². The Labute approximate surface area is 121 Å². The van der Waals surface area contributed by atoms with Gasteiger partial charge in [0.2, 0.25) is 0 Å². The van der Waals surface area contributed by atoms with E-state index in [2.05, 4.69) is 10.2 Å². The van der Waals surface area contributed by atoms with Crippen LogP contribution in [0.25, 0.3) is 0 Å². The van der Waals surface area contributed by atoms with E-state index in [0.29, 0.717) is 11.7 Å². The van der Waals surface area contributed by atoms with E-state index in [0.717, 1.165) is 0 Å². The van der Waals surface area contributed by atoms with Crippen molar-refractivity contribution < 1.29 is 19.4 Å². The van der Waals surface area contributed by atoms with Gasteiger partial charge >= 0.3 is 5.97 Å². The molecule has 1 aromatic carbocycles. The minimum absolute atomic E-state index is 0.0710. The Bertz CT molecular complexity index is 683. The summed E-state index contributed by atoms with van der Waals surface area (Å²) in [7, 11) is 1.34. The maximum Gasteiger partial charge on any atom is 0.345 e. The van der Waals surface area contributed by atoms with Crippen molar-refractivity contribution in [2.45, 2.75) is 18.8 Å². The smallest absolute Gasteiger partial charge is 0.345 e. The Morgan fingerprint density at radius 1 is 1.38 bits per heavy atom. The molecule has 0 spiro atoms. The van der Waals surface area contributed by atoms with Crippen LogP contribution in [-0.2, 0) is 0 Å². The first kappa shape index (κ1) is 13.4. The summed E-state index contributed by atoms with van der Waals surface area (Å²) in [4.78, 5) is 11.3. The molecule has 21 heavy (non-hydrogen) atoms. The summed E-state index contributed by atoms with van der Waals surface area (Å²) in [5.74, 6) is 0.0466. The predicted octanol–water partition coefficient (Wildman–Crippen LogP) is 2.85. The van der Waals surface area contributed by atoms with E-state index in [1.54, 1.807) is 6.07 Å². The predicted molar refractivity (Wildman–Crippen MR) is 74.0 cm³/mol. The highest BCUT2D eigenvalue weighted by Crippen LogP contribution is 2.41. The van der Waals surface area contributed by atoms with Crippen LogP contribution < -0.4 is 9.47 Å². The van der Waals surface area contributed by atoms with Crippen molar-refractivity contribution in [3.8, 4) is 17.4 Å². The monoisotopic (exact) mass is 286 g/mol. The van der Waals surface area contributed by atoms with E-state index < -0.39 is 5.97 Å². The van der Waals surface area contributed by atoms with Gasteiger partial charge in [0.25, 0.3) is 5.88 Å². The largest absolute Gasteiger partial charge is 0.479 e. The number of aromatic carboxylic acids is 1. The van der Waals surface area contributed by atoms with Crippen molar-refractivity contribution in [3.05, 3.63) is 41.6 Å². The molecule has 0 saturated heterocycles. The minimum atomic E-state index is -1.17. The number of nitrogens with zero attached hydrogens (tertiary/aromatic N) is 2. The summed E-state index contributed by atoms with van der Waals surface area (Å²) < 4.78 is 10.6. The molecule has 108 valence electrons. The maximum atomic E-state index is 11.3. The fraction of sp³-hybridized carbons (Fsp3) is 0.267. The standard InChI is InChI=1S/C15H14N2O4/c1-20-14-13(15(18)19)12(8-16-17-14)21-11-4-2-3-10(7-11)9-5-6-9/h2-4,7-9H,5-6H2,1H3,(H,18,19). The van der Waals surface area contributed by atoms with Crippen molar-refractivity contribution >= 4 is 5.97 Å². The van der Waals surface area contributed by atoms with Gasteiger partial charge in [0.15, 0.2) is 11.3 Å². The molecule has 6 heteroatoms. The molecule has 0 bridgehead atoms. The number of methoxy groups -OCH3 is 1. The Morgan fingerprint density at radius 3 is 2.86 bits per heavy atom. The average molecular weight is 286 g/mol. The Balaban J connectivity index is 1.94. The molecule has 6 nitrogen and oxygen atoms in total. The van der Waals surface area contributed by atoms with Gasteiger partial charge in [-0.1, -0.05) is 12.1 Å². The highest BCUT2D eigenvalue weighted by Gasteiger charge is 2.24. The summed E-state index contributed by atoms with van der Waals surface area (Å²) in [6.45, 7) is 0. The first-order valence-electron chi connectivity index (χ1n) is 6.60. The summed E-state index contributed by atoms with van der Waals surface area (Å²) in [6, 6.07) is 7.66. The summed E-state index contributed by atoms with van der Waals surface area (Å²) in [6.07, 6.45) is 3.65. The third-order valence-corrected chi connectivity index (χ3v) is 3.33. The molecular weight excluding hydrogens is 272 g/mol. The lowest BCUT2D eigenvalue weighted by molar-refractivity contribution is 0.0689. The van der Waals surface area contributed by atoms with Gasteiger partial charge in [-0.25, -0.2) is 4.79 Å². The SMILES string of the molecule is COc1nncc(Oc2cccc(C3CC3)c2)c1C(=O)O. The number of aromatic nitrogens is 2. The number of hydrogen-bond acceptors (Lipinski definition) is 5. The Kier molecular flexibility index (Phi) is 3.43. The second-order valence-corrected chi connectivity index (χ2v) is 4.85. The zero-order chi connectivity index (χ0) is 14.8. The average Bonchev–Trinajstić information content (AvgIpc) is 3.31. The lowest BCUT2D eigenvalue weighted by Crippen LogP contribution is -2.06. The van der Waals surface area contributed by atoms with Crippen LogP contribution >= 0.6 is 0 Å². The van der Waals surface area contributed by atoms with E-state index >= 15 is 0 Å². The number of rotatable bonds is 5. The maximum absolute atomic E-state index is 11.3. The van der Waals surface area contributed by atoms with Crippen molar-refractivity contribution in [3.63, 3.8) is 0 Å². The van der Waals surface area contributed by atoms with Gasteiger partial charge in [0.1, 0.15) is 5.75 Å². The highest BCUT2D eigenvalue weighted by atomic mass is 16.5. The van der Waals surface area contributed by atoms with Gasteiger partial charge in [-0.3, -0.25) is 0 Å². The molecule has 1 N–H and O–H groups in total. The lowest BCUT2D eigenvalue weighted by atomic mass is 10.1. The van der Waals surface area contributed by atoms with Crippen LogP contribution in [0.4, 0.5) is 0 Å². The van der Waals surface area contributed by atoms with Crippen LogP contribution in [-0.4, -0.2) is 28.4 Å². The van der Waals surface area contributed by atoms with Crippen molar-refractivity contribution in [1.82, 2.24) is 10.2 Å². The summed E-state index contributed by atoms with van der Waals surface area (Å²) >= 11 is 0. The van der Waals surface area contributed by atoms with Crippen molar-refractivity contribution in [1.29, 1.82) is 0 Å². The van der Waals surface area contributed by atoms with Gasteiger partial charge in [-0.05, 0) is 36.5 Å². The highest BCUT2D eigenvalue weighted by molar-refractivity contribution is 5.93. The molecule has 1 fully saturated rings. The minimum Gasteiger partial charge on any atom is -0.479 e. The molecule has 1 aliphatic carbocycles. The molecule has 1 heterocycles. The number of benzene rings is 1. The van der Waals surface area contributed by atoms with Gasteiger partial charge in [0, 0.05) is 0 Å². The zero-order valence-corrected chi connectivity index (χ0v) is 11.4. The van der Waals surface area contributed by atoms with Crippen molar-refractivity contribution in [2.24, 2.45) is 0 Å². The second-order valence-electron chi connectivity index (χ2n) is 4.85. The van der Waals surface area contributed by atoms with E-state index in [-0.39, 0.29) is 17.2 Å². The third-order valence-electron chi connectivity index (χ3n) is 3.33. The van der Waals surface area contributed by atoms with Crippen LogP contribution in [0.3, 0.4) is 0 Å². The zero-order valence-electron chi connectivity index (χ0n) is 11.4. The Morgan fingerprint density at radius 2 is 2.19 bits per heavy atom. The second kappa shape index (κ2) is 5.40. The van der Waals surface area contributed by atoms with E-state index in [9.17, 15) is 9.90 Å². The van der Waals surface area contributed by atoms with Gasteiger partial charge < -0.3 is 14.6 Å². The van der Waals surface area contributed by atoms with Gasteiger partial charge in [0.05, 0.1) is 13.3 Å². The van der Waals surface area contributed by atoms with Gasteiger partial charge in [-0.2, -0.15) is 5.10 Å². The summed E-state index contributed by atoms with van der Waals surface area (Å²) in [5, 5.41) is 16.6. The molecule has 0 aliphatic heterocycles. The molecule has 1 aliphatic rings. The van der Waals surface area contributed by atoms with Crippen LogP contribution in [0.5, 0.6) is 17.4 Å². The number of ether oxygens (including phenoxy) is 2. The molecular formula is C15H14N2O4. The van der Waals surface area contributed by atoms with E-state index in [4.69, 9.17) is 9.47 Å². The molecule has 1 aromatic heterocycles. The molecule has 2 aromatic rings. The number of carboxylic acids is 1. The van der Waals surface area contributed by atoms with Gasteiger partial charge in [-0.15, -0.1) is 5.10 Å². The Hall–Kier alpha value is -2.63. The lowest BCUT2D eigenvalue weighted by Gasteiger charge is -2.10. The molecule has 0 amide bonds. The molecule has 0 radical (unpaired) electrons. The first-order chi connectivity index (χ1) is 10.2.